The maximum absolute atomic E-state index is 13.0. The van der Waals surface area contributed by atoms with Crippen molar-refractivity contribution < 1.29 is 18.7 Å². The molecular weight excluding hydrogens is 230 g/mol. The molecule has 17 heavy (non-hydrogen) atoms. The maximum atomic E-state index is 13.0. The number of pyridine rings is 1. The summed E-state index contributed by atoms with van der Waals surface area (Å²) in [5, 5.41) is 11.7. The van der Waals surface area contributed by atoms with Gasteiger partial charge >= 0.3 is 0 Å². The Hall–Kier alpha value is -1.56. The molecule has 0 spiro atoms. The number of nitrogens with one attached hydrogen (secondary N) is 1. The molecule has 1 heterocycles. The van der Waals surface area contributed by atoms with Crippen LogP contribution in [0.1, 0.15) is 23.2 Å². The number of rotatable bonds is 2. The van der Waals surface area contributed by atoms with Crippen LogP contribution in [0.25, 0.3) is 0 Å². The average Bonchev–Trinajstić information content (AvgIpc) is 2.57. The maximum Gasteiger partial charge on any atom is 0.275 e. The van der Waals surface area contributed by atoms with Gasteiger partial charge in [0.2, 0.25) is 0 Å². The molecule has 0 unspecified atom stereocenters. The normalized spacial score (nSPS) is 26.8. The third-order valence-corrected chi connectivity index (χ3v) is 2.84. The van der Waals surface area contributed by atoms with Crippen LogP contribution in [0.2, 0.25) is 0 Å². The summed E-state index contributed by atoms with van der Waals surface area (Å²) in [6.45, 7) is 0. The first-order chi connectivity index (χ1) is 8.00. The fourth-order valence-corrected chi connectivity index (χ4v) is 1.85. The van der Waals surface area contributed by atoms with Gasteiger partial charge in [-0.2, -0.15) is 0 Å². The van der Waals surface area contributed by atoms with Crippen molar-refractivity contribution in [1.29, 1.82) is 0 Å². The SMILES string of the molecule is O=C(N[C@H]1CCC(F)(F)[C@@H]1O)c1cccnc1. The van der Waals surface area contributed by atoms with Gasteiger partial charge in [-0.05, 0) is 18.6 Å². The number of alkyl halides is 2. The van der Waals surface area contributed by atoms with Crippen LogP contribution >= 0.6 is 0 Å². The Morgan fingerprint density at radius 1 is 1.59 bits per heavy atom. The average molecular weight is 242 g/mol. The third kappa shape index (κ3) is 2.41. The van der Waals surface area contributed by atoms with Crippen molar-refractivity contribution in [1.82, 2.24) is 10.3 Å². The first-order valence-corrected chi connectivity index (χ1v) is 5.27. The molecule has 2 rings (SSSR count). The monoisotopic (exact) mass is 242 g/mol. The lowest BCUT2D eigenvalue weighted by molar-refractivity contribution is -0.0911. The van der Waals surface area contributed by atoms with Crippen LogP contribution in [0.4, 0.5) is 8.78 Å². The van der Waals surface area contributed by atoms with Crippen LogP contribution in [-0.4, -0.2) is 34.1 Å². The van der Waals surface area contributed by atoms with Crippen molar-refractivity contribution in [2.75, 3.05) is 0 Å². The number of halogens is 2. The summed E-state index contributed by atoms with van der Waals surface area (Å²) in [6.07, 6.45) is 0.694. The third-order valence-electron chi connectivity index (χ3n) is 2.84. The van der Waals surface area contributed by atoms with Crippen molar-refractivity contribution in [3.05, 3.63) is 30.1 Å². The lowest BCUT2D eigenvalue weighted by Gasteiger charge is -2.19. The van der Waals surface area contributed by atoms with E-state index >= 15 is 0 Å². The van der Waals surface area contributed by atoms with E-state index in [2.05, 4.69) is 10.3 Å². The van der Waals surface area contributed by atoms with Crippen molar-refractivity contribution in [2.45, 2.75) is 30.9 Å². The lowest BCUT2D eigenvalue weighted by Crippen LogP contribution is -2.45. The van der Waals surface area contributed by atoms with Gasteiger partial charge in [0, 0.05) is 18.8 Å². The van der Waals surface area contributed by atoms with Crippen LogP contribution in [-0.2, 0) is 0 Å². The van der Waals surface area contributed by atoms with Crippen molar-refractivity contribution in [3.8, 4) is 0 Å². The molecule has 0 saturated heterocycles. The van der Waals surface area contributed by atoms with E-state index in [-0.39, 0.29) is 12.0 Å². The van der Waals surface area contributed by atoms with Crippen LogP contribution in [0.5, 0.6) is 0 Å². The largest absolute Gasteiger partial charge is 0.385 e. The van der Waals surface area contributed by atoms with Gasteiger partial charge in [-0.15, -0.1) is 0 Å². The second kappa shape index (κ2) is 4.37. The predicted molar refractivity (Wildman–Crippen MR) is 55.7 cm³/mol. The molecule has 4 nitrogen and oxygen atoms in total. The number of hydrogen-bond donors (Lipinski definition) is 2. The van der Waals surface area contributed by atoms with Gasteiger partial charge in [0.15, 0.2) is 0 Å². The van der Waals surface area contributed by atoms with Gasteiger partial charge in [0.25, 0.3) is 11.8 Å². The zero-order valence-electron chi connectivity index (χ0n) is 8.94. The number of aliphatic hydroxyl groups excluding tert-OH is 1. The Kier molecular flexibility index (Phi) is 3.06. The molecule has 1 aromatic rings. The highest BCUT2D eigenvalue weighted by atomic mass is 19.3. The molecule has 1 aliphatic carbocycles. The molecule has 0 radical (unpaired) electrons. The Morgan fingerprint density at radius 2 is 2.35 bits per heavy atom. The highest BCUT2D eigenvalue weighted by Gasteiger charge is 2.49. The molecule has 0 aromatic carbocycles. The molecule has 92 valence electrons. The fraction of sp³-hybridized carbons (Fsp3) is 0.455. The van der Waals surface area contributed by atoms with Crippen LogP contribution in [0, 0.1) is 0 Å². The first-order valence-electron chi connectivity index (χ1n) is 5.27. The fourth-order valence-electron chi connectivity index (χ4n) is 1.85. The Morgan fingerprint density at radius 3 is 2.88 bits per heavy atom. The van der Waals surface area contributed by atoms with Crippen molar-refractivity contribution >= 4 is 5.91 Å². The second-order valence-electron chi connectivity index (χ2n) is 4.07. The van der Waals surface area contributed by atoms with E-state index in [1.165, 1.54) is 18.5 Å². The summed E-state index contributed by atoms with van der Waals surface area (Å²) < 4.78 is 26.1. The minimum atomic E-state index is -3.12. The van der Waals surface area contributed by atoms with Crippen molar-refractivity contribution in [2.24, 2.45) is 0 Å². The molecule has 1 aliphatic rings. The molecule has 1 saturated carbocycles. The number of amides is 1. The van der Waals surface area contributed by atoms with Gasteiger partial charge < -0.3 is 10.4 Å². The number of hydrogen-bond acceptors (Lipinski definition) is 3. The minimum Gasteiger partial charge on any atom is -0.385 e. The molecule has 0 bridgehead atoms. The summed E-state index contributed by atoms with van der Waals surface area (Å²) in [5.41, 5.74) is 0.287. The predicted octanol–water partition coefficient (Wildman–Crippen LogP) is 0.970. The van der Waals surface area contributed by atoms with E-state index in [0.717, 1.165) is 0 Å². The van der Waals surface area contributed by atoms with E-state index in [9.17, 15) is 18.7 Å². The van der Waals surface area contributed by atoms with Gasteiger partial charge in [-0.25, -0.2) is 8.78 Å². The summed E-state index contributed by atoms with van der Waals surface area (Å²) in [7, 11) is 0. The quantitative estimate of drug-likeness (QED) is 0.812. The molecule has 2 N–H and O–H groups in total. The van der Waals surface area contributed by atoms with E-state index < -0.39 is 30.4 Å². The number of carbonyl (C=O) groups is 1. The van der Waals surface area contributed by atoms with Gasteiger partial charge in [-0.1, -0.05) is 0 Å². The number of carbonyl (C=O) groups excluding carboxylic acids is 1. The molecular formula is C11H12F2N2O2. The van der Waals surface area contributed by atoms with E-state index in [1.54, 1.807) is 6.07 Å². The van der Waals surface area contributed by atoms with Gasteiger partial charge in [0.1, 0.15) is 6.10 Å². The Balaban J connectivity index is 2.01. The van der Waals surface area contributed by atoms with Crippen LogP contribution in [0.15, 0.2) is 24.5 Å². The van der Waals surface area contributed by atoms with E-state index in [1.807, 2.05) is 0 Å². The zero-order chi connectivity index (χ0) is 12.5. The van der Waals surface area contributed by atoms with Gasteiger partial charge in [-0.3, -0.25) is 9.78 Å². The van der Waals surface area contributed by atoms with Crippen LogP contribution < -0.4 is 5.32 Å². The molecule has 6 heteroatoms. The molecule has 1 fully saturated rings. The smallest absolute Gasteiger partial charge is 0.275 e. The Labute approximate surface area is 96.7 Å². The summed E-state index contributed by atoms with van der Waals surface area (Å²) in [6, 6.07) is 2.20. The standard InChI is InChI=1S/C11H12F2N2O2/c12-11(13)4-3-8(9(11)16)15-10(17)7-2-1-5-14-6-7/h1-2,5-6,8-9,16H,3-4H2,(H,15,17)/t8-,9+/m0/s1. The van der Waals surface area contributed by atoms with E-state index in [4.69, 9.17) is 0 Å². The van der Waals surface area contributed by atoms with E-state index in [0.29, 0.717) is 0 Å². The molecule has 2 atom stereocenters. The summed E-state index contributed by atoms with van der Waals surface area (Å²) in [5.74, 6) is -3.62. The minimum absolute atomic E-state index is 0.0696. The highest BCUT2D eigenvalue weighted by Crippen LogP contribution is 2.35. The number of aromatic nitrogens is 1. The highest BCUT2D eigenvalue weighted by molar-refractivity contribution is 5.94. The topological polar surface area (TPSA) is 62.2 Å². The first kappa shape index (κ1) is 11.9. The van der Waals surface area contributed by atoms with Gasteiger partial charge in [0.05, 0.1) is 11.6 Å². The second-order valence-corrected chi connectivity index (χ2v) is 4.07. The lowest BCUT2D eigenvalue weighted by atomic mass is 10.1. The molecule has 1 amide bonds. The summed E-state index contributed by atoms with van der Waals surface area (Å²) >= 11 is 0. The Bertz CT molecular complexity index is 411. The summed E-state index contributed by atoms with van der Waals surface area (Å²) in [4.78, 5) is 15.4. The molecule has 1 aromatic heterocycles. The number of aliphatic hydroxyl groups is 1. The molecule has 0 aliphatic heterocycles. The number of nitrogens with zero attached hydrogens (tertiary/aromatic N) is 1. The van der Waals surface area contributed by atoms with Crippen LogP contribution in [0.3, 0.4) is 0 Å². The zero-order valence-corrected chi connectivity index (χ0v) is 8.94. The van der Waals surface area contributed by atoms with Crippen molar-refractivity contribution in [3.63, 3.8) is 0 Å².